The Labute approximate surface area is 167 Å². The van der Waals surface area contributed by atoms with Crippen molar-refractivity contribution < 1.29 is 9.84 Å². The Morgan fingerprint density at radius 3 is 2.63 bits per heavy atom. The molecule has 1 aliphatic rings. The Hall–Kier alpha value is -1.81. The SMILES string of the molecule is COc1cccc(C2(O)/C(=C/c3ccc(Cl)cc3)CCCC2CN(C)C)c1. The summed E-state index contributed by atoms with van der Waals surface area (Å²) in [5.74, 6) is 0.882. The van der Waals surface area contributed by atoms with Gasteiger partial charge in [0.1, 0.15) is 11.4 Å². The van der Waals surface area contributed by atoms with Gasteiger partial charge in [-0.15, -0.1) is 0 Å². The van der Waals surface area contributed by atoms with E-state index in [2.05, 4.69) is 25.1 Å². The molecule has 1 fully saturated rings. The number of aliphatic hydroxyl groups is 1. The van der Waals surface area contributed by atoms with Crippen molar-refractivity contribution in [2.75, 3.05) is 27.7 Å². The van der Waals surface area contributed by atoms with Gasteiger partial charge in [-0.3, -0.25) is 0 Å². The van der Waals surface area contributed by atoms with Gasteiger partial charge in [0.15, 0.2) is 0 Å². The Kier molecular flexibility index (Phi) is 6.25. The quantitative estimate of drug-likeness (QED) is 0.787. The molecule has 3 nitrogen and oxygen atoms in total. The minimum atomic E-state index is -1.02. The van der Waals surface area contributed by atoms with Crippen LogP contribution in [0.5, 0.6) is 5.75 Å². The van der Waals surface area contributed by atoms with Crippen LogP contribution < -0.4 is 4.74 Å². The molecule has 2 aromatic rings. The standard InChI is InChI=1S/C23H28ClNO2/c1-25(2)16-20-8-4-6-18(14-17-10-12-21(24)13-11-17)23(20,26)19-7-5-9-22(15-19)27-3/h5,7,9-15,20,26H,4,6,8,16H2,1-3H3/b18-14+. The van der Waals surface area contributed by atoms with Crippen molar-refractivity contribution in [3.8, 4) is 5.75 Å². The number of methoxy groups -OCH3 is 1. The summed E-state index contributed by atoms with van der Waals surface area (Å²) in [6.45, 7) is 0.825. The second-order valence-electron chi connectivity index (χ2n) is 7.57. The van der Waals surface area contributed by atoms with Gasteiger partial charge in [0, 0.05) is 17.5 Å². The average Bonchev–Trinajstić information content (AvgIpc) is 2.66. The maximum absolute atomic E-state index is 12.1. The van der Waals surface area contributed by atoms with Crippen LogP contribution in [0.25, 0.3) is 6.08 Å². The van der Waals surface area contributed by atoms with Gasteiger partial charge in [-0.1, -0.05) is 41.9 Å². The molecule has 27 heavy (non-hydrogen) atoms. The van der Waals surface area contributed by atoms with Crippen LogP contribution in [0.2, 0.25) is 5.02 Å². The van der Waals surface area contributed by atoms with E-state index in [1.165, 1.54) is 0 Å². The molecule has 0 amide bonds. The topological polar surface area (TPSA) is 32.7 Å². The Bertz CT molecular complexity index is 800. The monoisotopic (exact) mass is 385 g/mol. The van der Waals surface area contributed by atoms with Crippen molar-refractivity contribution >= 4 is 17.7 Å². The number of hydrogen-bond donors (Lipinski definition) is 1. The van der Waals surface area contributed by atoms with E-state index in [9.17, 15) is 5.11 Å². The number of halogens is 1. The van der Waals surface area contributed by atoms with Crippen LogP contribution in [-0.2, 0) is 5.60 Å². The van der Waals surface area contributed by atoms with Crippen LogP contribution in [0, 0.1) is 5.92 Å². The highest BCUT2D eigenvalue weighted by molar-refractivity contribution is 6.30. The smallest absolute Gasteiger partial charge is 0.119 e. The van der Waals surface area contributed by atoms with Crippen LogP contribution in [0.4, 0.5) is 0 Å². The van der Waals surface area contributed by atoms with Gasteiger partial charge in [0.2, 0.25) is 0 Å². The lowest BCUT2D eigenvalue weighted by molar-refractivity contribution is -0.0175. The van der Waals surface area contributed by atoms with Gasteiger partial charge in [-0.2, -0.15) is 0 Å². The summed E-state index contributed by atoms with van der Waals surface area (Å²) in [5.41, 5.74) is 1.99. The number of nitrogens with zero attached hydrogens (tertiary/aromatic N) is 1. The minimum absolute atomic E-state index is 0.118. The van der Waals surface area contributed by atoms with E-state index in [0.717, 1.165) is 48.3 Å². The molecule has 2 atom stereocenters. The van der Waals surface area contributed by atoms with E-state index in [4.69, 9.17) is 16.3 Å². The van der Waals surface area contributed by atoms with Gasteiger partial charge < -0.3 is 14.7 Å². The molecule has 0 spiro atoms. The van der Waals surface area contributed by atoms with E-state index in [0.29, 0.717) is 5.02 Å². The number of hydrogen-bond acceptors (Lipinski definition) is 3. The third kappa shape index (κ3) is 4.37. The van der Waals surface area contributed by atoms with Crippen LogP contribution in [-0.4, -0.2) is 37.8 Å². The first-order valence-corrected chi connectivity index (χ1v) is 9.79. The molecule has 1 N–H and O–H groups in total. The van der Waals surface area contributed by atoms with Crippen molar-refractivity contribution in [2.24, 2.45) is 5.92 Å². The molecule has 0 aliphatic heterocycles. The molecule has 0 bridgehead atoms. The summed E-state index contributed by atoms with van der Waals surface area (Å²) in [6.07, 6.45) is 5.06. The third-order valence-corrected chi connectivity index (χ3v) is 5.64. The molecule has 144 valence electrons. The minimum Gasteiger partial charge on any atom is -0.497 e. The predicted octanol–water partition coefficient (Wildman–Crippen LogP) is 4.98. The number of benzene rings is 2. The van der Waals surface area contributed by atoms with Gasteiger partial charge in [0.25, 0.3) is 0 Å². The van der Waals surface area contributed by atoms with Crippen molar-refractivity contribution in [2.45, 2.75) is 24.9 Å². The zero-order valence-electron chi connectivity index (χ0n) is 16.3. The van der Waals surface area contributed by atoms with Gasteiger partial charge in [-0.05, 0) is 74.3 Å². The molecule has 0 saturated heterocycles. The maximum atomic E-state index is 12.1. The molecule has 0 aromatic heterocycles. The summed E-state index contributed by atoms with van der Waals surface area (Å²) in [7, 11) is 5.78. The molecule has 1 saturated carbocycles. The van der Waals surface area contributed by atoms with Gasteiger partial charge in [0.05, 0.1) is 7.11 Å². The van der Waals surface area contributed by atoms with E-state index < -0.39 is 5.60 Å². The van der Waals surface area contributed by atoms with Crippen LogP contribution >= 0.6 is 11.6 Å². The first-order chi connectivity index (χ1) is 12.9. The fraction of sp³-hybridized carbons (Fsp3) is 0.391. The third-order valence-electron chi connectivity index (χ3n) is 5.39. The lowest BCUT2D eigenvalue weighted by atomic mass is 9.67. The Morgan fingerprint density at radius 1 is 1.22 bits per heavy atom. The van der Waals surface area contributed by atoms with E-state index in [1.807, 2.05) is 48.5 Å². The summed E-state index contributed by atoms with van der Waals surface area (Å²) in [5, 5.41) is 12.8. The fourth-order valence-electron chi connectivity index (χ4n) is 4.09. The summed E-state index contributed by atoms with van der Waals surface area (Å²) >= 11 is 6.03. The first kappa shape index (κ1) is 19.9. The van der Waals surface area contributed by atoms with E-state index in [-0.39, 0.29) is 5.92 Å². The Balaban J connectivity index is 2.10. The van der Waals surface area contributed by atoms with Crippen molar-refractivity contribution in [3.05, 3.63) is 70.3 Å². The molecular formula is C23H28ClNO2. The molecule has 2 unspecified atom stereocenters. The normalized spacial score (nSPS) is 24.4. The summed E-state index contributed by atoms with van der Waals surface area (Å²) < 4.78 is 5.42. The van der Waals surface area contributed by atoms with Crippen molar-refractivity contribution in [3.63, 3.8) is 0 Å². The fourth-order valence-corrected chi connectivity index (χ4v) is 4.21. The van der Waals surface area contributed by atoms with E-state index in [1.54, 1.807) is 7.11 Å². The zero-order chi connectivity index (χ0) is 19.4. The highest BCUT2D eigenvalue weighted by Crippen LogP contribution is 2.47. The van der Waals surface area contributed by atoms with Gasteiger partial charge >= 0.3 is 0 Å². The summed E-state index contributed by atoms with van der Waals surface area (Å²) in [4.78, 5) is 2.15. The molecule has 0 heterocycles. The van der Waals surface area contributed by atoms with Crippen LogP contribution in [0.15, 0.2) is 54.1 Å². The highest BCUT2D eigenvalue weighted by atomic mass is 35.5. The lowest BCUT2D eigenvalue weighted by Crippen LogP contribution is -2.44. The molecule has 0 radical (unpaired) electrons. The summed E-state index contributed by atoms with van der Waals surface area (Å²) in [6, 6.07) is 15.6. The number of rotatable bonds is 5. The maximum Gasteiger partial charge on any atom is 0.119 e. The number of ether oxygens (including phenoxy) is 1. The van der Waals surface area contributed by atoms with Gasteiger partial charge in [-0.25, -0.2) is 0 Å². The van der Waals surface area contributed by atoms with Crippen molar-refractivity contribution in [1.82, 2.24) is 4.90 Å². The Morgan fingerprint density at radius 2 is 1.96 bits per heavy atom. The van der Waals surface area contributed by atoms with Crippen LogP contribution in [0.3, 0.4) is 0 Å². The van der Waals surface area contributed by atoms with Crippen molar-refractivity contribution in [1.29, 1.82) is 0 Å². The first-order valence-electron chi connectivity index (χ1n) is 9.41. The predicted molar refractivity (Wildman–Crippen MR) is 112 cm³/mol. The second kappa shape index (κ2) is 8.47. The lowest BCUT2D eigenvalue weighted by Gasteiger charge is -2.44. The molecule has 1 aliphatic carbocycles. The molecule has 3 rings (SSSR count). The largest absolute Gasteiger partial charge is 0.497 e. The highest BCUT2D eigenvalue weighted by Gasteiger charge is 2.44. The molecule has 4 heteroatoms. The zero-order valence-corrected chi connectivity index (χ0v) is 17.0. The average molecular weight is 386 g/mol. The molecule has 2 aromatic carbocycles. The van der Waals surface area contributed by atoms with Crippen LogP contribution in [0.1, 0.15) is 30.4 Å². The van der Waals surface area contributed by atoms with E-state index >= 15 is 0 Å². The second-order valence-corrected chi connectivity index (χ2v) is 8.01. The molecular weight excluding hydrogens is 358 g/mol.